The van der Waals surface area contributed by atoms with Crippen LogP contribution >= 0.6 is 0 Å². The quantitative estimate of drug-likeness (QED) is 0.339. The zero-order chi connectivity index (χ0) is 18.0. The summed E-state index contributed by atoms with van der Waals surface area (Å²) in [4.78, 5) is 13.0. The smallest absolute Gasteiger partial charge is 0.414 e. The van der Waals surface area contributed by atoms with E-state index in [1.165, 1.54) is 11.0 Å². The monoisotopic (exact) mass is 345 g/mol. The van der Waals surface area contributed by atoms with Gasteiger partial charge in [0.05, 0.1) is 18.8 Å². The van der Waals surface area contributed by atoms with Crippen LogP contribution in [-0.4, -0.2) is 41.5 Å². The lowest BCUT2D eigenvalue weighted by Gasteiger charge is -2.14. The number of rotatable bonds is 4. The molecule has 0 unspecified atom stereocenters. The van der Waals surface area contributed by atoms with Crippen molar-refractivity contribution in [3.63, 3.8) is 0 Å². The number of aliphatic hydroxyl groups is 1. The number of nitrogens with zero attached hydrogens (tertiary/aromatic N) is 2. The molecule has 0 spiro atoms. The Morgan fingerprint density at radius 3 is 2.60 bits per heavy atom. The number of carbonyl (C=O) groups is 1. The molecule has 25 heavy (non-hydrogen) atoms. The van der Waals surface area contributed by atoms with Crippen LogP contribution in [-0.2, 0) is 4.74 Å². The minimum absolute atomic E-state index is 0.0339. The molecule has 0 aliphatic carbocycles. The number of oxime groups is 1. The Hall–Kier alpha value is -3.13. The van der Waals surface area contributed by atoms with E-state index in [1.54, 1.807) is 36.4 Å². The van der Waals surface area contributed by atoms with Gasteiger partial charge in [-0.2, -0.15) is 0 Å². The van der Waals surface area contributed by atoms with Crippen molar-refractivity contribution in [2.45, 2.75) is 6.10 Å². The summed E-state index contributed by atoms with van der Waals surface area (Å²) >= 11 is 0. The highest BCUT2D eigenvalue weighted by Crippen LogP contribution is 2.29. The van der Waals surface area contributed by atoms with E-state index in [4.69, 9.17) is 20.8 Å². The second-order valence-corrected chi connectivity index (χ2v) is 5.53. The summed E-state index contributed by atoms with van der Waals surface area (Å²) in [5.74, 6) is -0.539. The van der Waals surface area contributed by atoms with Gasteiger partial charge in [-0.15, -0.1) is 0 Å². The van der Waals surface area contributed by atoms with E-state index in [0.29, 0.717) is 22.4 Å². The molecule has 4 N–H and O–H groups in total. The van der Waals surface area contributed by atoms with Crippen LogP contribution in [0, 0.1) is 5.82 Å². The number of nitrogens with two attached hydrogens (primary N) is 1. The standard InChI is InChI=1S/C17H16FN3O4/c18-15-7-12(21-8-13(9-22)25-17(21)23)5-6-14(15)10-1-3-11(4-2-10)16(19)20-24/h1-7,13,22,24H,8-9H2,(H2,19,20)/t13-/m1/s1. The maximum atomic E-state index is 14.5. The molecule has 1 aliphatic rings. The van der Waals surface area contributed by atoms with Gasteiger partial charge in [0.2, 0.25) is 0 Å². The van der Waals surface area contributed by atoms with Gasteiger partial charge in [0.1, 0.15) is 11.9 Å². The average Bonchev–Trinajstić information content (AvgIpc) is 3.02. The molecule has 8 heteroatoms. The summed E-state index contributed by atoms with van der Waals surface area (Å²) in [5.41, 5.74) is 7.32. The number of aliphatic hydroxyl groups excluding tert-OH is 1. The van der Waals surface area contributed by atoms with Crippen molar-refractivity contribution >= 4 is 17.6 Å². The SMILES string of the molecule is N/C(=N/O)c1ccc(-c2ccc(N3C[C@H](CO)OC3=O)cc2F)cc1. The van der Waals surface area contributed by atoms with E-state index in [9.17, 15) is 9.18 Å². The first-order valence-electron chi connectivity index (χ1n) is 7.50. The van der Waals surface area contributed by atoms with Crippen LogP contribution in [0.3, 0.4) is 0 Å². The number of ether oxygens (including phenoxy) is 1. The van der Waals surface area contributed by atoms with Gasteiger partial charge in [-0.3, -0.25) is 4.90 Å². The van der Waals surface area contributed by atoms with Crippen LogP contribution in [0.25, 0.3) is 11.1 Å². The molecule has 1 amide bonds. The van der Waals surface area contributed by atoms with Crippen LogP contribution < -0.4 is 10.6 Å². The third kappa shape index (κ3) is 3.24. The molecule has 3 rings (SSSR count). The summed E-state index contributed by atoms with van der Waals surface area (Å²) < 4.78 is 19.5. The molecule has 1 aliphatic heterocycles. The maximum Gasteiger partial charge on any atom is 0.414 e. The molecule has 7 nitrogen and oxygen atoms in total. The molecule has 0 saturated carbocycles. The second-order valence-electron chi connectivity index (χ2n) is 5.53. The minimum Gasteiger partial charge on any atom is -0.441 e. The van der Waals surface area contributed by atoms with Crippen LogP contribution in [0.5, 0.6) is 0 Å². The van der Waals surface area contributed by atoms with E-state index in [-0.39, 0.29) is 19.0 Å². The van der Waals surface area contributed by atoms with Gasteiger partial charge in [-0.25, -0.2) is 9.18 Å². The Bertz CT molecular complexity index is 823. The number of benzene rings is 2. The fraction of sp³-hybridized carbons (Fsp3) is 0.176. The molecule has 0 bridgehead atoms. The predicted octanol–water partition coefficient (Wildman–Crippen LogP) is 1.90. The van der Waals surface area contributed by atoms with Gasteiger partial charge in [0, 0.05) is 11.1 Å². The molecule has 1 atom stereocenters. The molecule has 1 saturated heterocycles. The fourth-order valence-electron chi connectivity index (χ4n) is 2.61. The highest BCUT2D eigenvalue weighted by molar-refractivity contribution is 5.97. The number of anilines is 1. The Morgan fingerprint density at radius 2 is 2.04 bits per heavy atom. The van der Waals surface area contributed by atoms with E-state index in [1.807, 2.05) is 0 Å². The second kappa shape index (κ2) is 6.78. The highest BCUT2D eigenvalue weighted by Gasteiger charge is 2.32. The van der Waals surface area contributed by atoms with Crippen molar-refractivity contribution in [1.82, 2.24) is 0 Å². The van der Waals surface area contributed by atoms with Gasteiger partial charge in [0.15, 0.2) is 5.84 Å². The molecular formula is C17H16FN3O4. The highest BCUT2D eigenvalue weighted by atomic mass is 19.1. The first-order chi connectivity index (χ1) is 12.0. The van der Waals surface area contributed by atoms with Crippen LogP contribution in [0.4, 0.5) is 14.9 Å². The van der Waals surface area contributed by atoms with Gasteiger partial charge < -0.3 is 20.8 Å². The summed E-state index contributed by atoms with van der Waals surface area (Å²) in [7, 11) is 0. The Balaban J connectivity index is 1.86. The molecule has 0 aromatic heterocycles. The van der Waals surface area contributed by atoms with Crippen molar-refractivity contribution in [3.05, 3.63) is 53.8 Å². The number of halogens is 1. The lowest BCUT2D eigenvalue weighted by molar-refractivity contribution is 0.0963. The minimum atomic E-state index is -0.616. The van der Waals surface area contributed by atoms with E-state index in [0.717, 1.165) is 0 Å². The van der Waals surface area contributed by atoms with Crippen LogP contribution in [0.1, 0.15) is 5.56 Å². The van der Waals surface area contributed by atoms with Crippen molar-refractivity contribution in [2.75, 3.05) is 18.1 Å². The van der Waals surface area contributed by atoms with Crippen molar-refractivity contribution in [3.8, 4) is 11.1 Å². The molecular weight excluding hydrogens is 329 g/mol. The third-order valence-corrected chi connectivity index (χ3v) is 3.94. The summed E-state index contributed by atoms with van der Waals surface area (Å²) in [6.45, 7) is -0.113. The number of hydrogen-bond acceptors (Lipinski definition) is 5. The topological polar surface area (TPSA) is 108 Å². The van der Waals surface area contributed by atoms with Crippen molar-refractivity contribution < 1.29 is 24.2 Å². The van der Waals surface area contributed by atoms with Gasteiger partial charge in [-0.1, -0.05) is 29.4 Å². The van der Waals surface area contributed by atoms with E-state index < -0.39 is 18.0 Å². The molecule has 1 heterocycles. The number of cyclic esters (lactones) is 1. The van der Waals surface area contributed by atoms with Crippen LogP contribution in [0.2, 0.25) is 0 Å². The zero-order valence-electron chi connectivity index (χ0n) is 13.1. The first kappa shape index (κ1) is 16.7. The Labute approximate surface area is 142 Å². The summed E-state index contributed by atoms with van der Waals surface area (Å²) in [6.07, 6.45) is -1.23. The van der Waals surface area contributed by atoms with E-state index >= 15 is 0 Å². The van der Waals surface area contributed by atoms with Crippen molar-refractivity contribution in [2.24, 2.45) is 10.9 Å². The zero-order valence-corrected chi connectivity index (χ0v) is 13.1. The third-order valence-electron chi connectivity index (χ3n) is 3.94. The lowest BCUT2D eigenvalue weighted by Crippen LogP contribution is -2.25. The largest absolute Gasteiger partial charge is 0.441 e. The molecule has 130 valence electrons. The first-order valence-corrected chi connectivity index (χ1v) is 7.50. The van der Waals surface area contributed by atoms with Gasteiger partial charge in [-0.05, 0) is 23.8 Å². The summed E-state index contributed by atoms with van der Waals surface area (Å²) in [6, 6.07) is 10.9. The Morgan fingerprint density at radius 1 is 1.32 bits per heavy atom. The van der Waals surface area contributed by atoms with Crippen molar-refractivity contribution in [1.29, 1.82) is 0 Å². The van der Waals surface area contributed by atoms with Gasteiger partial charge >= 0.3 is 6.09 Å². The normalized spacial score (nSPS) is 17.7. The fourth-order valence-corrected chi connectivity index (χ4v) is 2.61. The van der Waals surface area contributed by atoms with Gasteiger partial charge in [0.25, 0.3) is 0 Å². The number of carbonyl (C=O) groups excluding carboxylic acids is 1. The van der Waals surface area contributed by atoms with E-state index in [2.05, 4.69) is 5.16 Å². The molecule has 1 fully saturated rings. The molecule has 2 aromatic carbocycles. The lowest BCUT2D eigenvalue weighted by atomic mass is 10.0. The average molecular weight is 345 g/mol. The number of amides is 1. The number of amidine groups is 1. The number of hydrogen-bond donors (Lipinski definition) is 3. The molecule has 2 aromatic rings. The maximum absolute atomic E-state index is 14.5. The summed E-state index contributed by atoms with van der Waals surface area (Å²) in [5, 5.41) is 20.6. The molecule has 0 radical (unpaired) electrons. The Kier molecular flexibility index (Phi) is 4.53. The van der Waals surface area contributed by atoms with Crippen LogP contribution in [0.15, 0.2) is 47.6 Å². The predicted molar refractivity (Wildman–Crippen MR) is 89.0 cm³/mol.